The first-order valence-corrected chi connectivity index (χ1v) is 7.61. The van der Waals surface area contributed by atoms with E-state index in [1.807, 2.05) is 6.07 Å². The van der Waals surface area contributed by atoms with Crippen LogP contribution in [0.3, 0.4) is 0 Å². The van der Waals surface area contributed by atoms with Gasteiger partial charge in [-0.25, -0.2) is 9.78 Å². The molecule has 0 saturated heterocycles. The number of anilines is 1. The molecule has 7 nitrogen and oxygen atoms in total. The maximum Gasteiger partial charge on any atom is 0.344 e. The second-order valence-corrected chi connectivity index (χ2v) is 5.32. The van der Waals surface area contributed by atoms with Crippen LogP contribution in [0.5, 0.6) is 5.75 Å². The molecule has 8 heteroatoms. The van der Waals surface area contributed by atoms with Crippen LogP contribution >= 0.6 is 11.6 Å². The van der Waals surface area contributed by atoms with Gasteiger partial charge in [0.25, 0.3) is 5.91 Å². The number of nitrogens with zero attached hydrogens (tertiary/aromatic N) is 2. The number of pyridine rings is 1. The number of carbonyl (C=O) groups excluding carboxylic acids is 2. The van der Waals surface area contributed by atoms with Gasteiger partial charge in [-0.3, -0.25) is 4.79 Å². The molecule has 1 amide bonds. The third-order valence-corrected chi connectivity index (χ3v) is 3.23. The maximum absolute atomic E-state index is 12.0. The largest absolute Gasteiger partial charge is 0.481 e. The van der Waals surface area contributed by atoms with Gasteiger partial charge < -0.3 is 14.8 Å². The van der Waals surface area contributed by atoms with Crippen LogP contribution in [-0.4, -0.2) is 29.6 Å². The first kappa shape index (κ1) is 18.2. The summed E-state index contributed by atoms with van der Waals surface area (Å²) in [5.41, 5.74) is 0.301. The van der Waals surface area contributed by atoms with E-state index in [1.165, 1.54) is 19.2 Å². The van der Waals surface area contributed by atoms with Crippen LogP contribution in [-0.2, 0) is 14.3 Å². The molecule has 0 radical (unpaired) electrons. The van der Waals surface area contributed by atoms with Gasteiger partial charge in [0.2, 0.25) is 0 Å². The number of aromatic nitrogens is 1. The normalized spacial score (nSPS) is 11.1. The van der Waals surface area contributed by atoms with Crippen molar-refractivity contribution >= 4 is 29.3 Å². The fraction of sp³-hybridized carbons (Fsp3) is 0.176. The molecule has 0 aliphatic rings. The number of ether oxygens (including phenoxy) is 2. The van der Waals surface area contributed by atoms with Gasteiger partial charge in [0, 0.05) is 6.20 Å². The van der Waals surface area contributed by atoms with Crippen molar-refractivity contribution in [1.29, 1.82) is 5.26 Å². The second kappa shape index (κ2) is 8.66. The number of hydrogen-bond acceptors (Lipinski definition) is 6. The van der Waals surface area contributed by atoms with Crippen LogP contribution in [0.25, 0.3) is 0 Å². The standard InChI is InChI=1S/C17H14ClN3O4/c1-11(17(23)21-15-7-6-13(18)9-20-15)25-16(22)10-24-14-5-3-2-4-12(14)8-19/h2-7,9,11H,10H2,1H3,(H,20,21,23)/t11-/m1/s1. The number of carbonyl (C=O) groups is 2. The summed E-state index contributed by atoms with van der Waals surface area (Å²) in [6.07, 6.45) is 0.341. The van der Waals surface area contributed by atoms with E-state index in [0.717, 1.165) is 0 Å². The summed E-state index contributed by atoms with van der Waals surface area (Å²) in [5.74, 6) is -0.721. The number of esters is 1. The molecule has 1 aromatic heterocycles. The van der Waals surface area contributed by atoms with Crippen LogP contribution in [0, 0.1) is 11.3 Å². The molecule has 0 unspecified atom stereocenters. The minimum atomic E-state index is -1.04. The molecule has 0 saturated carbocycles. The van der Waals surface area contributed by atoms with Gasteiger partial charge >= 0.3 is 5.97 Å². The molecule has 1 heterocycles. The van der Waals surface area contributed by atoms with Crippen LogP contribution < -0.4 is 10.1 Å². The Labute approximate surface area is 149 Å². The highest BCUT2D eigenvalue weighted by atomic mass is 35.5. The molecule has 0 aliphatic carbocycles. The fourth-order valence-corrected chi connectivity index (χ4v) is 1.90. The van der Waals surface area contributed by atoms with Crippen molar-refractivity contribution in [2.45, 2.75) is 13.0 Å². The van der Waals surface area contributed by atoms with Gasteiger partial charge in [0.05, 0.1) is 10.6 Å². The van der Waals surface area contributed by atoms with Gasteiger partial charge in [0.15, 0.2) is 12.7 Å². The number of halogens is 1. The first-order chi connectivity index (χ1) is 12.0. The summed E-state index contributed by atoms with van der Waals surface area (Å²) in [6.45, 7) is 1.00. The molecule has 0 fully saturated rings. The zero-order chi connectivity index (χ0) is 18.2. The fourth-order valence-electron chi connectivity index (χ4n) is 1.78. The molecule has 0 bridgehead atoms. The van der Waals surface area contributed by atoms with E-state index in [0.29, 0.717) is 10.6 Å². The Morgan fingerprint density at radius 2 is 2.08 bits per heavy atom. The van der Waals surface area contributed by atoms with E-state index >= 15 is 0 Å². The number of hydrogen-bond donors (Lipinski definition) is 1. The Hall–Kier alpha value is -3.11. The van der Waals surface area contributed by atoms with Crippen molar-refractivity contribution in [2.75, 3.05) is 11.9 Å². The van der Waals surface area contributed by atoms with Crippen molar-refractivity contribution in [3.05, 3.63) is 53.2 Å². The molecule has 2 rings (SSSR count). The summed E-state index contributed by atoms with van der Waals surface area (Å²) in [6, 6.07) is 11.5. The maximum atomic E-state index is 12.0. The quantitative estimate of drug-likeness (QED) is 0.795. The lowest BCUT2D eigenvalue weighted by Crippen LogP contribution is -2.32. The molecule has 2 aromatic rings. The van der Waals surface area contributed by atoms with E-state index in [2.05, 4.69) is 10.3 Å². The van der Waals surface area contributed by atoms with E-state index in [9.17, 15) is 9.59 Å². The Morgan fingerprint density at radius 1 is 1.32 bits per heavy atom. The third-order valence-electron chi connectivity index (χ3n) is 3.01. The molecule has 1 aromatic carbocycles. The second-order valence-electron chi connectivity index (χ2n) is 4.88. The summed E-state index contributed by atoms with van der Waals surface area (Å²) in [4.78, 5) is 27.7. The Balaban J connectivity index is 1.84. The zero-order valence-corrected chi connectivity index (χ0v) is 14.0. The number of nitrogens with one attached hydrogen (secondary N) is 1. The molecule has 128 valence electrons. The smallest absolute Gasteiger partial charge is 0.344 e. The number of para-hydroxylation sites is 1. The van der Waals surface area contributed by atoms with Gasteiger partial charge in [-0.05, 0) is 31.2 Å². The van der Waals surface area contributed by atoms with Crippen molar-refractivity contribution in [3.63, 3.8) is 0 Å². The monoisotopic (exact) mass is 359 g/mol. The van der Waals surface area contributed by atoms with Crippen LogP contribution in [0.2, 0.25) is 5.02 Å². The predicted octanol–water partition coefficient (Wildman–Crippen LogP) is 2.56. The third kappa shape index (κ3) is 5.48. The summed E-state index contributed by atoms with van der Waals surface area (Å²) in [5, 5.41) is 11.9. The zero-order valence-electron chi connectivity index (χ0n) is 13.2. The summed E-state index contributed by atoms with van der Waals surface area (Å²) < 4.78 is 10.2. The highest BCUT2D eigenvalue weighted by Crippen LogP contribution is 2.16. The molecule has 1 atom stereocenters. The molecule has 0 aliphatic heterocycles. The minimum Gasteiger partial charge on any atom is -0.481 e. The first-order valence-electron chi connectivity index (χ1n) is 7.23. The summed E-state index contributed by atoms with van der Waals surface area (Å²) >= 11 is 5.71. The molecule has 1 N–H and O–H groups in total. The van der Waals surface area contributed by atoms with Gasteiger partial charge in [-0.15, -0.1) is 0 Å². The van der Waals surface area contributed by atoms with Crippen molar-refractivity contribution in [3.8, 4) is 11.8 Å². The highest BCUT2D eigenvalue weighted by Gasteiger charge is 2.19. The lowest BCUT2D eigenvalue weighted by molar-refractivity contribution is -0.155. The van der Waals surface area contributed by atoms with E-state index in [1.54, 1.807) is 30.3 Å². The molecule has 25 heavy (non-hydrogen) atoms. The van der Waals surface area contributed by atoms with Crippen LogP contribution in [0.4, 0.5) is 5.82 Å². The van der Waals surface area contributed by atoms with Gasteiger partial charge in [-0.1, -0.05) is 23.7 Å². The molecular formula is C17H14ClN3O4. The lowest BCUT2D eigenvalue weighted by atomic mass is 10.2. The van der Waals surface area contributed by atoms with Crippen molar-refractivity contribution in [1.82, 2.24) is 4.98 Å². The van der Waals surface area contributed by atoms with Crippen LogP contribution in [0.1, 0.15) is 12.5 Å². The number of benzene rings is 1. The summed E-state index contributed by atoms with van der Waals surface area (Å²) in [7, 11) is 0. The minimum absolute atomic E-state index is 0.268. The lowest BCUT2D eigenvalue weighted by Gasteiger charge is -2.13. The van der Waals surface area contributed by atoms with Crippen molar-refractivity contribution in [2.24, 2.45) is 0 Å². The van der Waals surface area contributed by atoms with E-state index < -0.39 is 24.6 Å². The Bertz CT molecular complexity index is 802. The SMILES string of the molecule is C[C@@H](OC(=O)COc1ccccc1C#N)C(=O)Nc1ccc(Cl)cn1. The Kier molecular flexibility index (Phi) is 6.32. The average Bonchev–Trinajstić information content (AvgIpc) is 2.62. The topological polar surface area (TPSA) is 101 Å². The van der Waals surface area contributed by atoms with Gasteiger partial charge in [0.1, 0.15) is 17.6 Å². The van der Waals surface area contributed by atoms with E-state index in [4.69, 9.17) is 26.3 Å². The van der Waals surface area contributed by atoms with E-state index in [-0.39, 0.29) is 11.6 Å². The average molecular weight is 360 g/mol. The number of rotatable bonds is 6. The molecular weight excluding hydrogens is 346 g/mol. The predicted molar refractivity (Wildman–Crippen MR) is 90.1 cm³/mol. The number of nitriles is 1. The molecule has 0 spiro atoms. The highest BCUT2D eigenvalue weighted by molar-refractivity contribution is 6.30. The van der Waals surface area contributed by atoms with Crippen LogP contribution in [0.15, 0.2) is 42.6 Å². The van der Waals surface area contributed by atoms with Crippen molar-refractivity contribution < 1.29 is 19.1 Å². The number of amides is 1. The van der Waals surface area contributed by atoms with Gasteiger partial charge in [-0.2, -0.15) is 5.26 Å². The Morgan fingerprint density at radius 3 is 2.76 bits per heavy atom.